The Hall–Kier alpha value is -2.74. The molecule has 1 unspecified atom stereocenters. The lowest BCUT2D eigenvalue weighted by molar-refractivity contribution is 0.286. The van der Waals surface area contributed by atoms with Crippen LogP contribution >= 0.6 is 0 Å². The third-order valence-electron chi connectivity index (χ3n) is 4.12. The first-order valence-corrected chi connectivity index (χ1v) is 8.25. The van der Waals surface area contributed by atoms with E-state index in [9.17, 15) is 4.39 Å². The first kappa shape index (κ1) is 15.8. The Kier molecular flexibility index (Phi) is 4.43. The molecule has 0 radical (unpaired) electrons. The zero-order valence-electron chi connectivity index (χ0n) is 13.6. The van der Waals surface area contributed by atoms with Crippen molar-refractivity contribution in [2.75, 3.05) is 13.1 Å². The van der Waals surface area contributed by atoms with Gasteiger partial charge in [-0.15, -0.1) is 0 Å². The van der Waals surface area contributed by atoms with E-state index in [4.69, 9.17) is 9.26 Å². The second-order valence-electron chi connectivity index (χ2n) is 5.94. The topological polar surface area (TPSA) is 78.0 Å². The average Bonchev–Trinajstić information content (AvgIpc) is 3.31. The van der Waals surface area contributed by atoms with Gasteiger partial charge in [0.25, 0.3) is 5.89 Å². The number of piperidine rings is 1. The molecular weight excluding hydrogens is 325 g/mol. The number of hydrogen-bond donors (Lipinski definition) is 1. The molecule has 1 aromatic carbocycles. The van der Waals surface area contributed by atoms with Crippen molar-refractivity contribution < 1.29 is 13.7 Å². The summed E-state index contributed by atoms with van der Waals surface area (Å²) in [5, 5.41) is 11.8. The highest BCUT2D eigenvalue weighted by molar-refractivity contribution is 5.44. The lowest BCUT2D eigenvalue weighted by Crippen LogP contribution is -2.31. The van der Waals surface area contributed by atoms with Gasteiger partial charge in [0.1, 0.15) is 11.6 Å². The van der Waals surface area contributed by atoms with Crippen LogP contribution in [0.3, 0.4) is 0 Å². The van der Waals surface area contributed by atoms with Crippen LogP contribution in [0.25, 0.3) is 11.6 Å². The van der Waals surface area contributed by atoms with Gasteiger partial charge in [0.15, 0.2) is 12.3 Å². The zero-order chi connectivity index (χ0) is 17.1. The Balaban J connectivity index is 1.40. The van der Waals surface area contributed by atoms with Crippen LogP contribution in [-0.2, 0) is 6.61 Å². The van der Waals surface area contributed by atoms with Crippen LogP contribution in [0.1, 0.15) is 24.7 Å². The number of halogens is 1. The zero-order valence-corrected chi connectivity index (χ0v) is 13.6. The minimum Gasteiger partial charge on any atom is -0.485 e. The van der Waals surface area contributed by atoms with Crippen molar-refractivity contribution >= 4 is 0 Å². The molecule has 0 aliphatic carbocycles. The molecule has 1 atom stereocenters. The van der Waals surface area contributed by atoms with E-state index in [1.165, 1.54) is 12.1 Å². The van der Waals surface area contributed by atoms with Crippen molar-refractivity contribution in [3.05, 3.63) is 48.2 Å². The van der Waals surface area contributed by atoms with Gasteiger partial charge in [-0.3, -0.25) is 4.68 Å². The number of benzene rings is 1. The molecule has 130 valence electrons. The van der Waals surface area contributed by atoms with Gasteiger partial charge in [0.2, 0.25) is 5.82 Å². The molecule has 0 spiro atoms. The molecular formula is C17H18FN5O2. The van der Waals surface area contributed by atoms with E-state index in [1.54, 1.807) is 12.1 Å². The standard InChI is InChI=1S/C17H18FN5O2/c18-12-3-5-14(6-4-12)24-11-16-20-17(25-22-16)15-7-9-23(21-15)13-2-1-8-19-10-13/h3-7,9,13,19H,1-2,8,10-11H2. The van der Waals surface area contributed by atoms with Crippen molar-refractivity contribution in [1.29, 1.82) is 0 Å². The lowest BCUT2D eigenvalue weighted by atomic mass is 10.1. The van der Waals surface area contributed by atoms with Crippen LogP contribution in [0.4, 0.5) is 4.39 Å². The van der Waals surface area contributed by atoms with Crippen LogP contribution in [0.2, 0.25) is 0 Å². The van der Waals surface area contributed by atoms with E-state index >= 15 is 0 Å². The predicted molar refractivity (Wildman–Crippen MR) is 87.4 cm³/mol. The number of nitrogens with zero attached hydrogens (tertiary/aromatic N) is 4. The smallest absolute Gasteiger partial charge is 0.278 e. The summed E-state index contributed by atoms with van der Waals surface area (Å²) in [7, 11) is 0. The molecule has 8 heteroatoms. The fraction of sp³-hybridized carbons (Fsp3) is 0.353. The normalized spacial score (nSPS) is 17.6. The highest BCUT2D eigenvalue weighted by Gasteiger charge is 2.18. The van der Waals surface area contributed by atoms with E-state index in [2.05, 4.69) is 20.6 Å². The Labute approximate surface area is 143 Å². The van der Waals surface area contributed by atoms with Crippen molar-refractivity contribution in [3.8, 4) is 17.3 Å². The molecule has 2 aromatic heterocycles. The van der Waals surface area contributed by atoms with E-state index in [1.807, 2.05) is 16.9 Å². The Bertz CT molecular complexity index is 824. The molecule has 3 heterocycles. The second kappa shape index (κ2) is 7.02. The molecule has 0 amide bonds. The highest BCUT2D eigenvalue weighted by Crippen LogP contribution is 2.20. The van der Waals surface area contributed by atoms with Crippen molar-refractivity contribution in [1.82, 2.24) is 25.2 Å². The average molecular weight is 343 g/mol. The van der Waals surface area contributed by atoms with Gasteiger partial charge in [-0.1, -0.05) is 5.16 Å². The van der Waals surface area contributed by atoms with Crippen LogP contribution in [0.5, 0.6) is 5.75 Å². The third-order valence-corrected chi connectivity index (χ3v) is 4.12. The van der Waals surface area contributed by atoms with E-state index < -0.39 is 0 Å². The first-order chi connectivity index (χ1) is 12.3. The summed E-state index contributed by atoms with van der Waals surface area (Å²) < 4.78 is 25.6. The summed E-state index contributed by atoms with van der Waals surface area (Å²) in [4.78, 5) is 4.30. The van der Waals surface area contributed by atoms with Crippen LogP contribution in [0.15, 0.2) is 41.1 Å². The van der Waals surface area contributed by atoms with Gasteiger partial charge >= 0.3 is 0 Å². The largest absolute Gasteiger partial charge is 0.485 e. The van der Waals surface area contributed by atoms with Crippen LogP contribution in [-0.4, -0.2) is 33.0 Å². The summed E-state index contributed by atoms with van der Waals surface area (Å²) in [6, 6.07) is 8.00. The third kappa shape index (κ3) is 3.69. The molecule has 1 fully saturated rings. The molecule has 1 N–H and O–H groups in total. The Morgan fingerprint density at radius 1 is 1.28 bits per heavy atom. The molecule has 3 aromatic rings. The Morgan fingerprint density at radius 2 is 2.16 bits per heavy atom. The van der Waals surface area contributed by atoms with Crippen molar-refractivity contribution in [3.63, 3.8) is 0 Å². The van der Waals surface area contributed by atoms with Gasteiger partial charge < -0.3 is 14.6 Å². The molecule has 7 nitrogen and oxygen atoms in total. The molecule has 1 saturated heterocycles. The number of hydrogen-bond acceptors (Lipinski definition) is 6. The van der Waals surface area contributed by atoms with Gasteiger partial charge in [-0.25, -0.2) is 4.39 Å². The van der Waals surface area contributed by atoms with Gasteiger partial charge in [0.05, 0.1) is 6.04 Å². The summed E-state index contributed by atoms with van der Waals surface area (Å²) in [5.41, 5.74) is 0.645. The van der Waals surface area contributed by atoms with E-state index in [0.29, 0.717) is 29.2 Å². The number of ether oxygens (including phenoxy) is 1. The maximum Gasteiger partial charge on any atom is 0.278 e. The number of rotatable bonds is 5. The molecule has 25 heavy (non-hydrogen) atoms. The molecule has 0 bridgehead atoms. The fourth-order valence-corrected chi connectivity index (χ4v) is 2.81. The fourth-order valence-electron chi connectivity index (χ4n) is 2.81. The molecule has 1 aliphatic heterocycles. The lowest BCUT2D eigenvalue weighted by Gasteiger charge is -2.22. The molecule has 0 saturated carbocycles. The van der Waals surface area contributed by atoms with E-state index in [-0.39, 0.29) is 12.4 Å². The van der Waals surface area contributed by atoms with Crippen LogP contribution in [0, 0.1) is 5.82 Å². The quantitative estimate of drug-likeness (QED) is 0.767. The maximum absolute atomic E-state index is 12.9. The second-order valence-corrected chi connectivity index (χ2v) is 5.94. The van der Waals surface area contributed by atoms with Crippen LogP contribution < -0.4 is 10.1 Å². The minimum atomic E-state index is -0.307. The van der Waals surface area contributed by atoms with E-state index in [0.717, 1.165) is 25.9 Å². The summed E-state index contributed by atoms with van der Waals surface area (Å²) in [5.74, 6) is 1.01. The first-order valence-electron chi connectivity index (χ1n) is 8.25. The van der Waals surface area contributed by atoms with Gasteiger partial charge in [-0.2, -0.15) is 10.1 Å². The number of nitrogens with one attached hydrogen (secondary N) is 1. The van der Waals surface area contributed by atoms with Gasteiger partial charge in [0, 0.05) is 12.7 Å². The van der Waals surface area contributed by atoms with Crippen molar-refractivity contribution in [2.45, 2.75) is 25.5 Å². The SMILES string of the molecule is Fc1ccc(OCc2noc(-c3ccn(C4CCCNC4)n3)n2)cc1. The summed E-state index contributed by atoms with van der Waals surface area (Å²) >= 11 is 0. The van der Waals surface area contributed by atoms with Gasteiger partial charge in [-0.05, 0) is 49.7 Å². The predicted octanol–water partition coefficient (Wildman–Crippen LogP) is 2.58. The summed E-state index contributed by atoms with van der Waals surface area (Å²) in [6.07, 6.45) is 4.19. The molecule has 4 rings (SSSR count). The Morgan fingerprint density at radius 3 is 2.96 bits per heavy atom. The summed E-state index contributed by atoms with van der Waals surface area (Å²) in [6.45, 7) is 2.12. The van der Waals surface area contributed by atoms with Crippen molar-refractivity contribution in [2.24, 2.45) is 0 Å². The number of aromatic nitrogens is 4. The minimum absolute atomic E-state index is 0.141. The monoisotopic (exact) mass is 343 g/mol. The molecule has 1 aliphatic rings. The highest BCUT2D eigenvalue weighted by atomic mass is 19.1. The maximum atomic E-state index is 12.9.